The molecule has 2 rings (SSSR count). The largest absolute Gasteiger partial charge is 0.322 e. The smallest absolute Gasteiger partial charge is 0.128 e. The van der Waals surface area contributed by atoms with Crippen LogP contribution in [0.1, 0.15) is 36.8 Å². The first-order chi connectivity index (χ1) is 9.55. The zero-order valence-electron chi connectivity index (χ0n) is 11.7. The van der Waals surface area contributed by atoms with Crippen molar-refractivity contribution in [3.05, 3.63) is 52.9 Å². The number of hydrogen-bond acceptors (Lipinski definition) is 2. The van der Waals surface area contributed by atoms with Crippen molar-refractivity contribution < 1.29 is 8.78 Å². The van der Waals surface area contributed by atoms with Gasteiger partial charge in [0.25, 0.3) is 0 Å². The Kier molecular flexibility index (Phi) is 4.49. The molecule has 108 valence electrons. The van der Waals surface area contributed by atoms with E-state index in [1.54, 1.807) is 4.68 Å². The summed E-state index contributed by atoms with van der Waals surface area (Å²) in [5.74, 6) is -0.970. The molecule has 0 amide bonds. The lowest BCUT2D eigenvalue weighted by Crippen LogP contribution is -2.21. The predicted molar refractivity (Wildman–Crippen MR) is 74.3 cm³/mol. The third kappa shape index (κ3) is 3.04. The van der Waals surface area contributed by atoms with Gasteiger partial charge in [-0.15, -0.1) is 0 Å². The van der Waals surface area contributed by atoms with E-state index in [0.29, 0.717) is 6.54 Å². The minimum absolute atomic E-state index is 0.181. The van der Waals surface area contributed by atoms with Crippen molar-refractivity contribution in [2.24, 2.45) is 5.73 Å². The molecule has 0 aliphatic carbocycles. The van der Waals surface area contributed by atoms with Gasteiger partial charge in [0.1, 0.15) is 11.6 Å². The van der Waals surface area contributed by atoms with Crippen LogP contribution in [0.3, 0.4) is 0 Å². The summed E-state index contributed by atoms with van der Waals surface area (Å²) in [4.78, 5) is 0. The third-order valence-corrected chi connectivity index (χ3v) is 3.37. The van der Waals surface area contributed by atoms with E-state index in [-0.39, 0.29) is 5.56 Å². The molecule has 5 heteroatoms. The van der Waals surface area contributed by atoms with Crippen molar-refractivity contribution in [2.75, 3.05) is 0 Å². The average molecular weight is 279 g/mol. The quantitative estimate of drug-likeness (QED) is 0.914. The monoisotopic (exact) mass is 279 g/mol. The summed E-state index contributed by atoms with van der Waals surface area (Å²) in [6, 6.07) is 4.74. The Morgan fingerprint density at radius 1 is 1.20 bits per heavy atom. The van der Waals surface area contributed by atoms with Crippen LogP contribution in [-0.2, 0) is 19.4 Å². The topological polar surface area (TPSA) is 43.8 Å². The van der Waals surface area contributed by atoms with Crippen LogP contribution in [0.25, 0.3) is 0 Å². The van der Waals surface area contributed by atoms with Gasteiger partial charge in [0.05, 0.1) is 18.3 Å². The highest BCUT2D eigenvalue weighted by molar-refractivity contribution is 5.22. The lowest BCUT2D eigenvalue weighted by atomic mass is 10.1. The number of rotatable bonds is 5. The first-order valence-corrected chi connectivity index (χ1v) is 6.81. The van der Waals surface area contributed by atoms with E-state index in [1.165, 1.54) is 0 Å². The molecule has 3 nitrogen and oxygen atoms in total. The van der Waals surface area contributed by atoms with Gasteiger partial charge in [-0.2, -0.15) is 5.10 Å². The predicted octanol–water partition coefficient (Wildman–Crippen LogP) is 2.99. The summed E-state index contributed by atoms with van der Waals surface area (Å²) in [7, 11) is 0. The van der Waals surface area contributed by atoms with Crippen molar-refractivity contribution >= 4 is 0 Å². The van der Waals surface area contributed by atoms with Crippen LogP contribution in [-0.4, -0.2) is 9.78 Å². The van der Waals surface area contributed by atoms with Gasteiger partial charge in [-0.25, -0.2) is 8.78 Å². The highest BCUT2D eigenvalue weighted by Crippen LogP contribution is 2.19. The maximum atomic E-state index is 13.7. The Bertz CT molecular complexity index is 593. The van der Waals surface area contributed by atoms with E-state index in [2.05, 4.69) is 5.10 Å². The number of halogens is 2. The van der Waals surface area contributed by atoms with Crippen LogP contribution in [0, 0.1) is 11.6 Å². The van der Waals surface area contributed by atoms with E-state index in [1.807, 2.05) is 19.9 Å². The molecule has 0 radical (unpaired) electrons. The number of nitrogens with zero attached hydrogens (tertiary/aromatic N) is 2. The molecule has 0 spiro atoms. The Hall–Kier alpha value is -1.75. The first-order valence-electron chi connectivity index (χ1n) is 6.81. The van der Waals surface area contributed by atoms with Gasteiger partial charge in [0.15, 0.2) is 0 Å². The molecule has 0 saturated heterocycles. The van der Waals surface area contributed by atoms with E-state index in [9.17, 15) is 8.78 Å². The first kappa shape index (κ1) is 14.7. The van der Waals surface area contributed by atoms with Crippen molar-refractivity contribution in [3.63, 3.8) is 0 Å². The van der Waals surface area contributed by atoms with E-state index in [0.717, 1.165) is 42.4 Å². The number of aryl methyl sites for hydroxylation is 2. The molecule has 2 aromatic rings. The van der Waals surface area contributed by atoms with Crippen LogP contribution in [0.2, 0.25) is 0 Å². The van der Waals surface area contributed by atoms with Gasteiger partial charge in [0, 0.05) is 11.3 Å². The Balaban J connectivity index is 2.24. The van der Waals surface area contributed by atoms with Crippen LogP contribution in [0.5, 0.6) is 0 Å². The fourth-order valence-electron chi connectivity index (χ4n) is 2.21. The lowest BCUT2D eigenvalue weighted by Gasteiger charge is -2.15. The Morgan fingerprint density at radius 3 is 2.60 bits per heavy atom. The maximum absolute atomic E-state index is 13.7. The van der Waals surface area contributed by atoms with Crippen molar-refractivity contribution in [1.82, 2.24) is 9.78 Å². The van der Waals surface area contributed by atoms with E-state index < -0.39 is 17.7 Å². The second-order valence-corrected chi connectivity index (χ2v) is 4.79. The second kappa shape index (κ2) is 6.13. The minimum atomic E-state index is -0.624. The highest BCUT2D eigenvalue weighted by atomic mass is 19.1. The van der Waals surface area contributed by atoms with Crippen LogP contribution >= 0.6 is 0 Å². The zero-order chi connectivity index (χ0) is 14.7. The fraction of sp³-hybridized carbons (Fsp3) is 0.400. The molecule has 1 aromatic carbocycles. The number of hydrogen-bond donors (Lipinski definition) is 1. The molecule has 1 aromatic heterocycles. The molecule has 2 N–H and O–H groups in total. The Morgan fingerprint density at radius 2 is 1.95 bits per heavy atom. The highest BCUT2D eigenvalue weighted by Gasteiger charge is 2.15. The number of aromatic nitrogens is 2. The average Bonchev–Trinajstić information content (AvgIpc) is 2.83. The van der Waals surface area contributed by atoms with Gasteiger partial charge in [-0.1, -0.05) is 13.8 Å². The van der Waals surface area contributed by atoms with Gasteiger partial charge < -0.3 is 5.73 Å². The molecule has 0 aliphatic heterocycles. The van der Waals surface area contributed by atoms with Crippen LogP contribution in [0.15, 0.2) is 24.3 Å². The number of benzene rings is 1. The molecule has 0 bridgehead atoms. The van der Waals surface area contributed by atoms with Gasteiger partial charge in [0.2, 0.25) is 0 Å². The van der Waals surface area contributed by atoms with Crippen LogP contribution in [0.4, 0.5) is 8.78 Å². The van der Waals surface area contributed by atoms with Crippen molar-refractivity contribution in [2.45, 2.75) is 39.3 Å². The van der Waals surface area contributed by atoms with Crippen LogP contribution < -0.4 is 5.73 Å². The summed E-state index contributed by atoms with van der Waals surface area (Å²) in [6.07, 6.45) is 1.66. The molecule has 1 atom stereocenters. The maximum Gasteiger partial charge on any atom is 0.128 e. The lowest BCUT2D eigenvalue weighted by molar-refractivity contribution is 0.482. The number of nitrogens with two attached hydrogens (primary N) is 1. The van der Waals surface area contributed by atoms with Crippen molar-refractivity contribution in [3.8, 4) is 0 Å². The standard InChI is InChI=1S/C15H19F2N3/c1-3-11-8-12(4-2)20(19-11)9-15(18)13-7-10(16)5-6-14(13)17/h5-8,15H,3-4,9,18H2,1-2H3. The SMILES string of the molecule is CCc1cc(CC)n(CC(N)c2cc(F)ccc2F)n1. The van der Waals surface area contributed by atoms with Gasteiger partial charge in [-0.3, -0.25) is 4.68 Å². The Labute approximate surface area is 117 Å². The second-order valence-electron chi connectivity index (χ2n) is 4.79. The third-order valence-electron chi connectivity index (χ3n) is 3.37. The van der Waals surface area contributed by atoms with Crippen molar-refractivity contribution in [1.29, 1.82) is 0 Å². The molecule has 0 fully saturated rings. The molecule has 0 saturated carbocycles. The summed E-state index contributed by atoms with van der Waals surface area (Å²) in [6.45, 7) is 4.39. The summed E-state index contributed by atoms with van der Waals surface area (Å²) >= 11 is 0. The molecule has 1 unspecified atom stereocenters. The summed E-state index contributed by atoms with van der Waals surface area (Å²) in [5.41, 5.74) is 8.22. The van der Waals surface area contributed by atoms with E-state index in [4.69, 9.17) is 5.73 Å². The van der Waals surface area contributed by atoms with Gasteiger partial charge in [-0.05, 0) is 37.1 Å². The molecular weight excluding hydrogens is 260 g/mol. The molecular formula is C15H19F2N3. The molecule has 1 heterocycles. The molecule has 20 heavy (non-hydrogen) atoms. The normalized spacial score (nSPS) is 12.7. The van der Waals surface area contributed by atoms with E-state index >= 15 is 0 Å². The zero-order valence-corrected chi connectivity index (χ0v) is 11.7. The summed E-state index contributed by atoms with van der Waals surface area (Å²) < 4.78 is 28.7. The minimum Gasteiger partial charge on any atom is -0.322 e. The van der Waals surface area contributed by atoms with Gasteiger partial charge >= 0.3 is 0 Å². The summed E-state index contributed by atoms with van der Waals surface area (Å²) in [5, 5.41) is 4.44. The fourth-order valence-corrected chi connectivity index (χ4v) is 2.21. The molecule has 0 aliphatic rings.